The monoisotopic (exact) mass is 1400 g/mol. The third kappa shape index (κ3) is 12.6. The first-order valence-corrected chi connectivity index (χ1v) is 36.5. The third-order valence-corrected chi connectivity index (χ3v) is 20.2. The second kappa shape index (κ2) is 27.7. The minimum Gasteiger partial charge on any atom is -0.254 e. The van der Waals surface area contributed by atoms with E-state index < -0.39 is 0 Å². The van der Waals surface area contributed by atoms with Gasteiger partial charge in [-0.15, -0.1) is 0 Å². The third-order valence-electron chi connectivity index (χ3n) is 20.2. The summed E-state index contributed by atoms with van der Waals surface area (Å²) >= 11 is 0. The Morgan fingerprint density at radius 2 is 0.473 bits per heavy atom. The molecule has 0 atom stereocenters. The Bertz CT molecular complexity index is 7030. The second-order valence-electron chi connectivity index (χ2n) is 27.2. The summed E-state index contributed by atoms with van der Waals surface area (Å²) in [7, 11) is 0. The van der Waals surface area contributed by atoms with E-state index in [-0.39, 0.29) is 0 Å². The maximum Gasteiger partial charge on any atom is 0.182 e. The van der Waals surface area contributed by atoms with E-state index in [1.54, 1.807) is 0 Å². The molecule has 0 saturated carbocycles. The lowest BCUT2D eigenvalue weighted by Crippen LogP contribution is -2.01. The van der Waals surface area contributed by atoms with Crippen molar-refractivity contribution in [3.8, 4) is 125 Å². The number of hydrogen-bond donors (Lipinski definition) is 0. The summed E-state index contributed by atoms with van der Waals surface area (Å²) in [5, 5.41) is 11.3. The van der Waals surface area contributed by atoms with E-state index >= 15 is 0 Å². The Labute approximate surface area is 631 Å². The summed E-state index contributed by atoms with van der Waals surface area (Å²) in [5.74, 6) is 3.52. The lowest BCUT2D eigenvalue weighted by atomic mass is 9.95. The summed E-state index contributed by atoms with van der Waals surface area (Å²) in [4.78, 5) is 58.9. The van der Waals surface area contributed by atoms with E-state index in [4.69, 9.17) is 54.8 Å². The van der Waals surface area contributed by atoms with Crippen LogP contribution in [0.5, 0.6) is 0 Å². The largest absolute Gasteiger partial charge is 0.254 e. The molecule has 0 unspecified atom stereocenters. The molecule has 0 amide bonds. The predicted octanol–water partition coefficient (Wildman–Crippen LogP) is 23.7. The number of nitrogens with zero attached hydrogens (tertiary/aromatic N) is 12. The highest BCUT2D eigenvalue weighted by Gasteiger charge is 2.19. The molecule has 0 saturated heterocycles. The van der Waals surface area contributed by atoms with Crippen molar-refractivity contribution in [2.24, 2.45) is 0 Å². The van der Waals surface area contributed by atoms with E-state index in [1.807, 2.05) is 146 Å². The first kappa shape index (κ1) is 64.5. The van der Waals surface area contributed by atoms with Crippen LogP contribution in [0, 0.1) is 0 Å². The van der Waals surface area contributed by atoms with E-state index in [9.17, 15) is 0 Å². The minimum absolute atomic E-state index is 0.532. The van der Waals surface area contributed by atoms with E-state index in [2.05, 4.69) is 223 Å². The molecule has 12 heteroatoms. The zero-order valence-electron chi connectivity index (χ0n) is 59.0. The quantitative estimate of drug-likeness (QED) is 0.113. The summed E-state index contributed by atoms with van der Waals surface area (Å²) in [6.45, 7) is 0. The second-order valence-corrected chi connectivity index (χ2v) is 27.2. The van der Waals surface area contributed by atoms with Crippen molar-refractivity contribution in [3.05, 3.63) is 364 Å². The van der Waals surface area contributed by atoms with Crippen molar-refractivity contribution in [3.63, 3.8) is 0 Å². The SMILES string of the molecule is c1ccc(-c2nc(-c3ccccc3)nc(-c3ccc4cc(-c5ccc6nc(-c7cc8ccccc8c8ccccc78)ccc6c5)ccc4n3)n2)cc1.c1ccc(-c2nc(-c3ccccc3)nc(-c3ccc4cc(-c5ccc6nc(-c7ccc(-c8ccc9ccc%10cccnc%10c9n8)cc7)ccc6c5)ccc4n3)n2)cc1. The molecule has 0 fully saturated rings. The molecule has 21 aromatic rings. The van der Waals surface area contributed by atoms with Crippen molar-refractivity contribution in [1.29, 1.82) is 0 Å². The van der Waals surface area contributed by atoms with E-state index in [1.165, 1.54) is 21.5 Å². The van der Waals surface area contributed by atoms with Crippen LogP contribution < -0.4 is 0 Å². The van der Waals surface area contributed by atoms with Crippen LogP contribution in [0.3, 0.4) is 0 Å². The molecule has 0 spiro atoms. The summed E-state index contributed by atoms with van der Waals surface area (Å²) in [5.41, 5.74) is 21.1. The van der Waals surface area contributed by atoms with Crippen molar-refractivity contribution >= 4 is 87.0 Å². The molecule has 0 aliphatic rings. The Kier molecular flexibility index (Phi) is 16.2. The van der Waals surface area contributed by atoms with Gasteiger partial charge in [-0.3, -0.25) is 4.98 Å². The number of fused-ring (bicyclic) bond motifs is 10. The zero-order chi connectivity index (χ0) is 72.9. The maximum atomic E-state index is 5.15. The van der Waals surface area contributed by atoms with Crippen LogP contribution in [-0.4, -0.2) is 59.8 Å². The Balaban J connectivity index is 0.000000145. The van der Waals surface area contributed by atoms with Gasteiger partial charge in [0.2, 0.25) is 0 Å². The summed E-state index contributed by atoms with van der Waals surface area (Å²) in [6.07, 6.45) is 1.82. The van der Waals surface area contributed by atoms with Gasteiger partial charge in [-0.2, -0.15) is 0 Å². The highest BCUT2D eigenvalue weighted by molar-refractivity contribution is 6.14. The standard InChI is InChI=1S/C51H31N7.C47H29N5/c1-3-8-36(9-4-1)49-56-50(37-10-5-2-6-11-37)58-51(57-49)46-28-23-41-31-39(21-26-45(41)54-46)38-20-25-44-40(30-38)22-27-42(53-44)32-13-15-33(16-14-32)43-24-19-35-18-17-34-12-7-29-52-47(34)48(35)55-43;1-3-11-30(12-4-1)45-50-46(31-13-5-2-6-14-31)52-47(51-45)44-26-22-36-28-33(20-24-42(36)49-44)32-19-23-41-35(27-32)21-25-43(48-41)40-29-34-15-7-8-16-37(34)38-17-9-10-18-39(38)40/h1-31H;1-29H. The molecule has 0 bridgehead atoms. The fourth-order valence-electron chi connectivity index (χ4n) is 14.6. The maximum absolute atomic E-state index is 5.15. The highest BCUT2D eigenvalue weighted by atomic mass is 15.1. The van der Waals surface area contributed by atoms with Gasteiger partial charge in [0.15, 0.2) is 34.9 Å². The molecular weight excluding hydrogens is 1350 g/mol. The Hall–Kier alpha value is -15.1. The Morgan fingerprint density at radius 3 is 0.927 bits per heavy atom. The van der Waals surface area contributed by atoms with E-state index in [0.29, 0.717) is 46.3 Å². The van der Waals surface area contributed by atoms with Gasteiger partial charge in [0, 0.05) is 77.5 Å². The number of benzene rings is 13. The van der Waals surface area contributed by atoms with Crippen LogP contribution >= 0.6 is 0 Å². The molecule has 8 aromatic heterocycles. The molecule has 0 N–H and O–H groups in total. The zero-order valence-corrected chi connectivity index (χ0v) is 59.0. The first-order chi connectivity index (χ1) is 54.4. The fraction of sp³-hybridized carbons (Fsp3) is 0. The lowest BCUT2D eigenvalue weighted by Gasteiger charge is -2.12. The van der Waals surface area contributed by atoms with Crippen LogP contribution in [0.15, 0.2) is 364 Å². The molecule has 0 aliphatic carbocycles. The van der Waals surface area contributed by atoms with E-state index in [0.717, 1.165) is 144 Å². The van der Waals surface area contributed by atoms with Crippen LogP contribution in [0.1, 0.15) is 0 Å². The number of hydrogen-bond acceptors (Lipinski definition) is 12. The average Bonchev–Trinajstić information content (AvgIpc) is 0.767. The normalized spacial score (nSPS) is 11.5. The van der Waals surface area contributed by atoms with Crippen LogP contribution in [-0.2, 0) is 0 Å². The van der Waals surface area contributed by atoms with Crippen molar-refractivity contribution in [2.75, 3.05) is 0 Å². The Morgan fingerprint density at radius 1 is 0.155 bits per heavy atom. The van der Waals surface area contributed by atoms with Crippen LogP contribution in [0.4, 0.5) is 0 Å². The first-order valence-electron chi connectivity index (χ1n) is 36.5. The van der Waals surface area contributed by atoms with Gasteiger partial charge < -0.3 is 0 Å². The van der Waals surface area contributed by atoms with Gasteiger partial charge in [-0.25, -0.2) is 54.8 Å². The molecule has 13 aromatic carbocycles. The van der Waals surface area contributed by atoms with Gasteiger partial charge in [0.25, 0.3) is 0 Å². The van der Waals surface area contributed by atoms with Gasteiger partial charge in [-0.1, -0.05) is 267 Å². The summed E-state index contributed by atoms with van der Waals surface area (Å²) in [6, 6.07) is 123. The number of rotatable bonds is 11. The van der Waals surface area contributed by atoms with Crippen molar-refractivity contribution < 1.29 is 0 Å². The van der Waals surface area contributed by atoms with Crippen LogP contribution in [0.2, 0.25) is 0 Å². The number of pyridine rings is 6. The average molecular weight is 1410 g/mol. The van der Waals surface area contributed by atoms with Gasteiger partial charge in [0.05, 0.1) is 50.2 Å². The number of aromatic nitrogens is 12. The van der Waals surface area contributed by atoms with Gasteiger partial charge in [-0.05, 0) is 135 Å². The molecular formula is C98H60N12. The van der Waals surface area contributed by atoms with Gasteiger partial charge >= 0.3 is 0 Å². The van der Waals surface area contributed by atoms with Crippen molar-refractivity contribution in [1.82, 2.24) is 59.8 Å². The molecule has 21 rings (SSSR count). The highest BCUT2D eigenvalue weighted by Crippen LogP contribution is 2.38. The fourth-order valence-corrected chi connectivity index (χ4v) is 14.6. The van der Waals surface area contributed by atoms with Gasteiger partial charge in [0.1, 0.15) is 11.4 Å². The lowest BCUT2D eigenvalue weighted by molar-refractivity contribution is 1.06. The molecule has 0 radical (unpaired) electrons. The molecule has 512 valence electrons. The summed E-state index contributed by atoms with van der Waals surface area (Å²) < 4.78 is 0. The van der Waals surface area contributed by atoms with Crippen LogP contribution in [0.25, 0.3) is 212 Å². The topological polar surface area (TPSA) is 155 Å². The molecule has 8 heterocycles. The molecule has 110 heavy (non-hydrogen) atoms. The molecule has 12 nitrogen and oxygen atoms in total. The predicted molar refractivity (Wildman–Crippen MR) is 446 cm³/mol. The minimum atomic E-state index is 0.532. The van der Waals surface area contributed by atoms with Crippen molar-refractivity contribution in [2.45, 2.75) is 0 Å². The molecule has 0 aliphatic heterocycles. The smallest absolute Gasteiger partial charge is 0.182 e.